The molecular formula is C34H52N4O20. The number of carbonyl (C=O) groups excluding carboxylic acids is 3. The van der Waals surface area contributed by atoms with Gasteiger partial charge in [0, 0.05) is 38.9 Å². The van der Waals surface area contributed by atoms with Gasteiger partial charge in [-0.15, -0.1) is 0 Å². The second-order valence-electron chi connectivity index (χ2n) is 14.0. The molecular weight excluding hydrogens is 784 g/mol. The number of benzene rings is 1. The second-order valence-corrected chi connectivity index (χ2v) is 14.0. The zero-order valence-electron chi connectivity index (χ0n) is 31.3. The Labute approximate surface area is 330 Å². The Morgan fingerprint density at radius 3 is 2.19 bits per heavy atom. The van der Waals surface area contributed by atoms with Crippen molar-refractivity contribution in [3.05, 3.63) is 29.8 Å². The summed E-state index contributed by atoms with van der Waals surface area (Å²) in [5, 5.41) is 114. The quantitative estimate of drug-likeness (QED) is 0.0693. The van der Waals surface area contributed by atoms with Crippen molar-refractivity contribution >= 4 is 23.7 Å². The van der Waals surface area contributed by atoms with Gasteiger partial charge in [0.1, 0.15) is 66.7 Å². The standard InChI is InChI=1S/C34H52N4O20/c1-13(40)37-21-17(43)9-34(33(51)52,58-29(21)23(45)18(44)10-36-30(50)15-4-3-5-16(42)8-15)54-12-20-24(46)26(48)27(49)32(56-20)57-28-19(11-39)55-31(53-7-6-35)22(25(28)47)38-14(2)41/h3-5,8,17-29,31-32,39,42-49H,6-7,9-12,35H2,1-2H3,(H,36,50)(H,37,40)(H,38,41)(H,51,52)/t17-,18+,19+,20+,21+,22+,23+,24-,25+,26-,27+,28+,29+,31+,32-,34+/m0/s1. The van der Waals surface area contributed by atoms with Crippen LogP contribution in [0.15, 0.2) is 24.3 Å². The molecule has 3 saturated heterocycles. The minimum atomic E-state index is -2.91. The molecule has 1 aromatic rings. The largest absolute Gasteiger partial charge is 0.508 e. The number of ether oxygens (including phenoxy) is 6. The number of nitrogens with two attached hydrogens (primary N) is 1. The molecule has 0 aromatic heterocycles. The molecule has 3 heterocycles. The number of hydrogen-bond donors (Lipinski definition) is 14. The van der Waals surface area contributed by atoms with Gasteiger partial charge in [-0.25, -0.2) is 4.79 Å². The number of amides is 3. The highest BCUT2D eigenvalue weighted by Crippen LogP contribution is 2.35. The van der Waals surface area contributed by atoms with Crippen molar-refractivity contribution in [2.45, 2.75) is 118 Å². The minimum Gasteiger partial charge on any atom is -0.508 e. The van der Waals surface area contributed by atoms with Crippen LogP contribution in [0.4, 0.5) is 0 Å². The van der Waals surface area contributed by atoms with Gasteiger partial charge in [-0.1, -0.05) is 6.07 Å². The number of hydrogen-bond acceptors (Lipinski definition) is 20. The Morgan fingerprint density at radius 1 is 0.931 bits per heavy atom. The summed E-state index contributed by atoms with van der Waals surface area (Å²) in [5.41, 5.74) is 5.48. The molecule has 24 heteroatoms. The van der Waals surface area contributed by atoms with Crippen LogP contribution >= 0.6 is 0 Å². The topological polar surface area (TPSA) is 388 Å². The number of aliphatic hydroxyl groups excluding tert-OH is 8. The van der Waals surface area contributed by atoms with E-state index in [9.17, 15) is 70.2 Å². The maximum Gasteiger partial charge on any atom is 0.364 e. The van der Waals surface area contributed by atoms with Gasteiger partial charge in [0.2, 0.25) is 11.8 Å². The first-order valence-electron chi connectivity index (χ1n) is 18.2. The van der Waals surface area contributed by atoms with E-state index >= 15 is 0 Å². The number of nitrogens with one attached hydrogen (secondary N) is 3. The Balaban J connectivity index is 1.52. The summed E-state index contributed by atoms with van der Waals surface area (Å²) in [6.07, 6.45) is -24.7. The molecule has 328 valence electrons. The summed E-state index contributed by atoms with van der Waals surface area (Å²) in [7, 11) is 0. The SMILES string of the molecule is CC(=O)N[C@H]1[C@H](OCCN)O[C@H](CO)[C@@H](O[C@@H]2O[C@H](CO[C@]3(C(=O)O)C[C@H](O)[C@@H](NC(C)=O)[C@H]([C@H](O)[C@H](O)CNC(=O)c4cccc(O)c4)O3)[C@H](O)[C@H](O)[C@H]2O)[C@@H]1O. The number of rotatable bonds is 17. The van der Waals surface area contributed by atoms with E-state index in [2.05, 4.69) is 16.0 Å². The smallest absolute Gasteiger partial charge is 0.364 e. The fourth-order valence-electron chi connectivity index (χ4n) is 6.72. The lowest BCUT2D eigenvalue weighted by Crippen LogP contribution is -2.69. The highest BCUT2D eigenvalue weighted by molar-refractivity contribution is 5.94. The van der Waals surface area contributed by atoms with Crippen LogP contribution in [0.3, 0.4) is 0 Å². The zero-order chi connectivity index (χ0) is 43.1. The molecule has 0 bridgehead atoms. The molecule has 1 aromatic carbocycles. The summed E-state index contributed by atoms with van der Waals surface area (Å²) in [6, 6.07) is 2.30. The maximum absolute atomic E-state index is 12.8. The van der Waals surface area contributed by atoms with Crippen molar-refractivity contribution < 1.29 is 98.7 Å². The highest BCUT2D eigenvalue weighted by atomic mass is 16.8. The molecule has 4 rings (SSSR count). The number of aliphatic carboxylic acids is 1. The van der Waals surface area contributed by atoms with Crippen molar-refractivity contribution in [3.63, 3.8) is 0 Å². The summed E-state index contributed by atoms with van der Waals surface area (Å²) in [4.78, 5) is 49.4. The monoisotopic (exact) mass is 836 g/mol. The number of phenolic OH excluding ortho intramolecular Hbond substituents is 1. The van der Waals surface area contributed by atoms with Gasteiger partial charge >= 0.3 is 5.97 Å². The molecule has 0 unspecified atom stereocenters. The van der Waals surface area contributed by atoms with Crippen LogP contribution in [-0.2, 0) is 42.8 Å². The molecule has 0 saturated carbocycles. The van der Waals surface area contributed by atoms with Crippen molar-refractivity contribution in [1.29, 1.82) is 0 Å². The predicted octanol–water partition coefficient (Wildman–Crippen LogP) is -6.95. The number of aromatic hydroxyl groups is 1. The third-order valence-electron chi connectivity index (χ3n) is 9.64. The molecule has 15 N–H and O–H groups in total. The average molecular weight is 837 g/mol. The van der Waals surface area contributed by atoms with Crippen molar-refractivity contribution in [2.24, 2.45) is 5.73 Å². The number of phenols is 1. The molecule has 0 radical (unpaired) electrons. The first kappa shape index (κ1) is 47.0. The predicted molar refractivity (Wildman–Crippen MR) is 188 cm³/mol. The third-order valence-corrected chi connectivity index (χ3v) is 9.64. The van der Waals surface area contributed by atoms with Gasteiger partial charge in [-0.3, -0.25) is 14.4 Å². The van der Waals surface area contributed by atoms with Gasteiger partial charge in [-0.05, 0) is 18.2 Å². The minimum absolute atomic E-state index is 0.00921. The first-order valence-corrected chi connectivity index (χ1v) is 18.2. The Morgan fingerprint density at radius 2 is 1.59 bits per heavy atom. The molecule has 3 amide bonds. The highest BCUT2D eigenvalue weighted by Gasteiger charge is 2.57. The first-order chi connectivity index (χ1) is 27.3. The summed E-state index contributed by atoms with van der Waals surface area (Å²) >= 11 is 0. The lowest BCUT2D eigenvalue weighted by atomic mass is 9.88. The molecule has 0 spiro atoms. The molecule has 0 aliphatic carbocycles. The van der Waals surface area contributed by atoms with Gasteiger partial charge < -0.3 is 101 Å². The lowest BCUT2D eigenvalue weighted by molar-refractivity contribution is -0.359. The van der Waals surface area contributed by atoms with Crippen molar-refractivity contribution in [2.75, 3.05) is 32.9 Å². The molecule has 3 aliphatic heterocycles. The Hall–Kier alpha value is -3.70. The second kappa shape index (κ2) is 20.5. The summed E-state index contributed by atoms with van der Waals surface area (Å²) in [6.45, 7) is -0.325. The van der Waals surface area contributed by atoms with E-state index in [1.165, 1.54) is 18.2 Å². The van der Waals surface area contributed by atoms with Crippen LogP contribution in [0.25, 0.3) is 0 Å². The third kappa shape index (κ3) is 11.1. The van der Waals surface area contributed by atoms with E-state index in [0.29, 0.717) is 0 Å². The van der Waals surface area contributed by atoms with Crippen LogP contribution in [0.1, 0.15) is 30.6 Å². The summed E-state index contributed by atoms with van der Waals surface area (Å²) in [5.74, 6) is -7.19. The normalized spacial score (nSPS) is 36.3. The van der Waals surface area contributed by atoms with Crippen LogP contribution in [-0.4, -0.2) is 205 Å². The van der Waals surface area contributed by atoms with Crippen LogP contribution in [0.2, 0.25) is 0 Å². The van der Waals surface area contributed by atoms with Gasteiger partial charge in [0.05, 0.1) is 38.1 Å². The Kier molecular flexibility index (Phi) is 16.6. The van der Waals surface area contributed by atoms with E-state index in [4.69, 9.17) is 34.2 Å². The van der Waals surface area contributed by atoms with E-state index in [1.54, 1.807) is 0 Å². The number of carboxylic acids is 1. The number of aliphatic hydroxyl groups is 8. The van der Waals surface area contributed by atoms with E-state index in [-0.39, 0.29) is 24.5 Å². The van der Waals surface area contributed by atoms with Crippen LogP contribution < -0.4 is 21.7 Å². The van der Waals surface area contributed by atoms with E-state index < -0.39 is 147 Å². The van der Waals surface area contributed by atoms with E-state index in [0.717, 1.165) is 19.9 Å². The molecule has 16 atom stereocenters. The lowest BCUT2D eigenvalue weighted by Gasteiger charge is -2.48. The zero-order valence-corrected chi connectivity index (χ0v) is 31.3. The fraction of sp³-hybridized carbons (Fsp3) is 0.706. The van der Waals surface area contributed by atoms with Gasteiger partial charge in [0.25, 0.3) is 11.7 Å². The van der Waals surface area contributed by atoms with Crippen LogP contribution in [0.5, 0.6) is 5.75 Å². The van der Waals surface area contributed by atoms with Crippen LogP contribution in [0, 0.1) is 0 Å². The molecule has 3 fully saturated rings. The fourth-order valence-corrected chi connectivity index (χ4v) is 6.72. The number of carboxylic acid groups (broad SMARTS) is 1. The van der Waals surface area contributed by atoms with Gasteiger partial charge in [-0.2, -0.15) is 0 Å². The number of carbonyl (C=O) groups is 4. The maximum atomic E-state index is 12.8. The molecule has 24 nitrogen and oxygen atoms in total. The van der Waals surface area contributed by atoms with Crippen molar-refractivity contribution in [1.82, 2.24) is 16.0 Å². The van der Waals surface area contributed by atoms with Gasteiger partial charge in [0.15, 0.2) is 12.6 Å². The van der Waals surface area contributed by atoms with Crippen molar-refractivity contribution in [3.8, 4) is 5.75 Å². The Bertz CT molecular complexity index is 1560. The molecule has 3 aliphatic rings. The summed E-state index contributed by atoms with van der Waals surface area (Å²) < 4.78 is 33.9. The molecule has 58 heavy (non-hydrogen) atoms. The average Bonchev–Trinajstić information content (AvgIpc) is 3.17. The van der Waals surface area contributed by atoms with E-state index in [1.807, 2.05) is 0 Å².